The maximum atomic E-state index is 8.83. The van der Waals surface area contributed by atoms with Crippen LogP contribution in [0.4, 0.5) is 11.6 Å². The second-order valence-corrected chi connectivity index (χ2v) is 4.06. The molecule has 0 amide bonds. The van der Waals surface area contributed by atoms with E-state index in [4.69, 9.17) is 16.7 Å². The van der Waals surface area contributed by atoms with E-state index in [2.05, 4.69) is 21.0 Å². The molecule has 0 bridgehead atoms. The Kier molecular flexibility index (Phi) is 2.54. The lowest BCUT2D eigenvalue weighted by Crippen LogP contribution is -2.02. The minimum Gasteiger partial charge on any atom is -0.382 e. The van der Waals surface area contributed by atoms with E-state index in [1.165, 1.54) is 4.68 Å². The van der Waals surface area contributed by atoms with Gasteiger partial charge >= 0.3 is 0 Å². The van der Waals surface area contributed by atoms with Gasteiger partial charge in [0.1, 0.15) is 17.5 Å². The smallest absolute Gasteiger partial charge is 0.166 e. The van der Waals surface area contributed by atoms with Crippen LogP contribution in [0.3, 0.4) is 0 Å². The van der Waals surface area contributed by atoms with E-state index >= 15 is 0 Å². The summed E-state index contributed by atoms with van der Waals surface area (Å²) in [6.45, 7) is 0. The molecule has 0 unspecified atom stereocenters. The van der Waals surface area contributed by atoms with Gasteiger partial charge in [0, 0.05) is 4.47 Å². The lowest BCUT2D eigenvalue weighted by atomic mass is 10.3. The highest BCUT2D eigenvalue weighted by Gasteiger charge is 2.13. The standard InChI is InChI=1S/C10H8BrN5/c11-6-1-3-7(4-2-6)16-10(14)8(5-12)9(13)15-16/h1-4H,14H2,(H2,13,15). The largest absolute Gasteiger partial charge is 0.382 e. The molecule has 6 heteroatoms. The summed E-state index contributed by atoms with van der Waals surface area (Å²) in [7, 11) is 0. The SMILES string of the molecule is N#Cc1c(N)nn(-c2ccc(Br)cc2)c1N. The fourth-order valence-corrected chi connectivity index (χ4v) is 1.61. The van der Waals surface area contributed by atoms with Gasteiger partial charge in [0.15, 0.2) is 5.82 Å². The van der Waals surface area contributed by atoms with Gasteiger partial charge in [0.25, 0.3) is 0 Å². The second kappa shape index (κ2) is 3.87. The number of hydrogen-bond acceptors (Lipinski definition) is 4. The van der Waals surface area contributed by atoms with Crippen molar-refractivity contribution in [3.63, 3.8) is 0 Å². The molecule has 0 spiro atoms. The number of hydrogen-bond donors (Lipinski definition) is 2. The number of nitriles is 1. The molecule has 2 aromatic rings. The Morgan fingerprint density at radius 2 is 1.88 bits per heavy atom. The van der Waals surface area contributed by atoms with Gasteiger partial charge in [-0.1, -0.05) is 15.9 Å². The first-order valence-electron chi connectivity index (χ1n) is 4.43. The van der Waals surface area contributed by atoms with Crippen LogP contribution in [0, 0.1) is 11.3 Å². The number of nitrogen functional groups attached to an aromatic ring is 2. The average molecular weight is 278 g/mol. The molecule has 0 aliphatic heterocycles. The summed E-state index contributed by atoms with van der Waals surface area (Å²) >= 11 is 3.33. The first-order valence-corrected chi connectivity index (χ1v) is 5.23. The summed E-state index contributed by atoms with van der Waals surface area (Å²) in [6.07, 6.45) is 0. The van der Waals surface area contributed by atoms with Crippen LogP contribution >= 0.6 is 15.9 Å². The number of rotatable bonds is 1. The van der Waals surface area contributed by atoms with Crippen LogP contribution in [0.25, 0.3) is 5.69 Å². The molecule has 0 aliphatic carbocycles. The Morgan fingerprint density at radius 1 is 1.25 bits per heavy atom. The predicted octanol–water partition coefficient (Wildman–Crippen LogP) is 1.67. The van der Waals surface area contributed by atoms with E-state index in [-0.39, 0.29) is 17.2 Å². The van der Waals surface area contributed by atoms with Crippen LogP contribution < -0.4 is 11.5 Å². The van der Waals surface area contributed by atoms with Crippen LogP contribution in [0.1, 0.15) is 5.56 Å². The monoisotopic (exact) mass is 277 g/mol. The summed E-state index contributed by atoms with van der Waals surface area (Å²) in [5, 5.41) is 12.8. The topological polar surface area (TPSA) is 93.6 Å². The number of nitrogens with two attached hydrogens (primary N) is 2. The maximum Gasteiger partial charge on any atom is 0.166 e. The van der Waals surface area contributed by atoms with E-state index < -0.39 is 0 Å². The minimum absolute atomic E-state index is 0.142. The van der Waals surface area contributed by atoms with Crippen molar-refractivity contribution in [1.82, 2.24) is 9.78 Å². The molecule has 2 rings (SSSR count). The molecule has 0 saturated carbocycles. The Labute approximate surface area is 100 Å². The van der Waals surface area contributed by atoms with Gasteiger partial charge < -0.3 is 11.5 Å². The number of nitrogens with zero attached hydrogens (tertiary/aromatic N) is 3. The first-order chi connectivity index (χ1) is 7.63. The zero-order valence-electron chi connectivity index (χ0n) is 8.18. The summed E-state index contributed by atoms with van der Waals surface area (Å²) < 4.78 is 2.40. The van der Waals surface area contributed by atoms with Crippen LogP contribution in [-0.4, -0.2) is 9.78 Å². The maximum absolute atomic E-state index is 8.83. The van der Waals surface area contributed by atoms with Crippen molar-refractivity contribution >= 4 is 27.6 Å². The quantitative estimate of drug-likeness (QED) is 0.829. The molecule has 16 heavy (non-hydrogen) atoms. The van der Waals surface area contributed by atoms with Crippen LogP contribution in [0.15, 0.2) is 28.7 Å². The van der Waals surface area contributed by atoms with Crippen molar-refractivity contribution in [3.8, 4) is 11.8 Å². The van der Waals surface area contributed by atoms with Crippen molar-refractivity contribution in [3.05, 3.63) is 34.3 Å². The van der Waals surface area contributed by atoms with Crippen LogP contribution in [0.5, 0.6) is 0 Å². The lowest BCUT2D eigenvalue weighted by molar-refractivity contribution is 0.896. The molecule has 0 saturated heterocycles. The second-order valence-electron chi connectivity index (χ2n) is 3.15. The highest BCUT2D eigenvalue weighted by Crippen LogP contribution is 2.22. The van der Waals surface area contributed by atoms with E-state index in [9.17, 15) is 0 Å². The van der Waals surface area contributed by atoms with Crippen molar-refractivity contribution in [2.24, 2.45) is 0 Å². The molecule has 1 heterocycles. The van der Waals surface area contributed by atoms with Crippen molar-refractivity contribution in [2.45, 2.75) is 0 Å². The Hall–Kier alpha value is -2.00. The molecule has 4 N–H and O–H groups in total. The summed E-state index contributed by atoms with van der Waals surface area (Å²) in [5.74, 6) is 0.394. The van der Waals surface area contributed by atoms with E-state index in [0.717, 1.165) is 10.2 Å². The van der Waals surface area contributed by atoms with Gasteiger partial charge in [-0.15, -0.1) is 5.10 Å². The molecule has 0 atom stereocenters. The summed E-state index contributed by atoms with van der Waals surface area (Å²) in [6, 6.07) is 9.30. The Morgan fingerprint density at radius 3 is 2.38 bits per heavy atom. The van der Waals surface area contributed by atoms with Gasteiger partial charge in [0.05, 0.1) is 5.69 Å². The minimum atomic E-state index is 0.142. The van der Waals surface area contributed by atoms with Gasteiger partial charge in [-0.3, -0.25) is 0 Å². The number of anilines is 2. The molecule has 1 aromatic heterocycles. The third-order valence-corrected chi connectivity index (χ3v) is 2.66. The molecular formula is C10H8BrN5. The average Bonchev–Trinajstić information content (AvgIpc) is 2.55. The molecular weight excluding hydrogens is 270 g/mol. The third-order valence-electron chi connectivity index (χ3n) is 2.13. The zero-order chi connectivity index (χ0) is 11.7. The normalized spacial score (nSPS) is 10.0. The molecule has 1 aromatic carbocycles. The molecule has 80 valence electrons. The van der Waals surface area contributed by atoms with Crippen LogP contribution in [0.2, 0.25) is 0 Å². The van der Waals surface area contributed by atoms with Gasteiger partial charge in [-0.05, 0) is 24.3 Å². The van der Waals surface area contributed by atoms with Crippen molar-refractivity contribution < 1.29 is 0 Å². The highest BCUT2D eigenvalue weighted by molar-refractivity contribution is 9.10. The van der Waals surface area contributed by atoms with E-state index in [0.29, 0.717) is 0 Å². The van der Waals surface area contributed by atoms with Gasteiger partial charge in [0.2, 0.25) is 0 Å². The van der Waals surface area contributed by atoms with E-state index in [1.807, 2.05) is 30.3 Å². The third kappa shape index (κ3) is 1.61. The summed E-state index contributed by atoms with van der Waals surface area (Å²) in [5.41, 5.74) is 12.3. The van der Waals surface area contributed by atoms with Gasteiger partial charge in [-0.2, -0.15) is 5.26 Å². The predicted molar refractivity (Wildman–Crippen MR) is 64.8 cm³/mol. The fourth-order valence-electron chi connectivity index (χ4n) is 1.34. The van der Waals surface area contributed by atoms with Gasteiger partial charge in [-0.25, -0.2) is 4.68 Å². The first kappa shape index (κ1) is 10.5. The lowest BCUT2D eigenvalue weighted by Gasteiger charge is -2.03. The Balaban J connectivity index is 2.58. The number of halogens is 1. The molecule has 5 nitrogen and oxygen atoms in total. The number of benzene rings is 1. The number of aromatic nitrogens is 2. The van der Waals surface area contributed by atoms with Crippen molar-refractivity contribution in [2.75, 3.05) is 11.5 Å². The van der Waals surface area contributed by atoms with Crippen LogP contribution in [-0.2, 0) is 0 Å². The molecule has 0 aliphatic rings. The highest BCUT2D eigenvalue weighted by atomic mass is 79.9. The van der Waals surface area contributed by atoms with Crippen molar-refractivity contribution in [1.29, 1.82) is 5.26 Å². The summed E-state index contributed by atoms with van der Waals surface area (Å²) in [4.78, 5) is 0. The van der Waals surface area contributed by atoms with E-state index in [1.54, 1.807) is 0 Å². The Bertz CT molecular complexity index is 564. The molecule has 0 radical (unpaired) electrons. The fraction of sp³-hybridized carbons (Fsp3) is 0. The molecule has 0 fully saturated rings. The zero-order valence-corrected chi connectivity index (χ0v) is 9.77.